The van der Waals surface area contributed by atoms with Crippen LogP contribution in [0.2, 0.25) is 0 Å². The van der Waals surface area contributed by atoms with Crippen LogP contribution in [0.5, 0.6) is 0 Å². The van der Waals surface area contributed by atoms with Crippen molar-refractivity contribution >= 4 is 29.3 Å². The summed E-state index contributed by atoms with van der Waals surface area (Å²) < 4.78 is 0. The lowest BCUT2D eigenvalue weighted by Gasteiger charge is -2.26. The van der Waals surface area contributed by atoms with E-state index in [9.17, 15) is 9.59 Å². The zero-order chi connectivity index (χ0) is 13.4. The van der Waals surface area contributed by atoms with Crippen LogP contribution >= 0.6 is 11.3 Å². The monoisotopic (exact) mass is 277 g/mol. The number of rotatable bonds is 3. The number of thiophene rings is 1. The van der Waals surface area contributed by atoms with Gasteiger partial charge in [0, 0.05) is 18.7 Å². The lowest BCUT2D eigenvalue weighted by atomic mass is 10.1. The summed E-state index contributed by atoms with van der Waals surface area (Å²) in [7, 11) is 0. The van der Waals surface area contributed by atoms with Gasteiger partial charge in [0.15, 0.2) is 0 Å². The van der Waals surface area contributed by atoms with Crippen molar-refractivity contribution < 1.29 is 14.7 Å². The topological polar surface area (TPSA) is 57.6 Å². The maximum atomic E-state index is 12.5. The summed E-state index contributed by atoms with van der Waals surface area (Å²) in [4.78, 5) is 25.7. The summed E-state index contributed by atoms with van der Waals surface area (Å²) in [5.74, 6) is -0.260. The van der Waals surface area contributed by atoms with Crippen LogP contribution in [0.3, 0.4) is 0 Å². The standard InChI is InChI=1S/C14H15NO3S/c16-12(17)4-2-10-5-6-19-13(10)14(18)15-8-9-1-3-11(15)7-9/h2,4-6,9,11H,1,3,7-8H2,(H,16,17). The summed E-state index contributed by atoms with van der Waals surface area (Å²) in [5.41, 5.74) is 0.708. The zero-order valence-electron chi connectivity index (χ0n) is 10.4. The van der Waals surface area contributed by atoms with Gasteiger partial charge < -0.3 is 10.0 Å². The van der Waals surface area contributed by atoms with E-state index in [0.29, 0.717) is 22.4 Å². The van der Waals surface area contributed by atoms with E-state index < -0.39 is 5.97 Å². The number of carboxylic acid groups (broad SMARTS) is 1. The maximum Gasteiger partial charge on any atom is 0.328 e. The normalized spacial score (nSPS) is 25.4. The minimum atomic E-state index is -0.996. The average molecular weight is 277 g/mol. The molecule has 1 saturated carbocycles. The molecule has 0 radical (unpaired) electrons. The summed E-state index contributed by atoms with van der Waals surface area (Å²) in [6.07, 6.45) is 6.07. The smallest absolute Gasteiger partial charge is 0.328 e. The Bertz CT molecular complexity index is 549. The number of carbonyl (C=O) groups excluding carboxylic acids is 1. The Hall–Kier alpha value is -1.62. The van der Waals surface area contributed by atoms with Crippen molar-refractivity contribution in [1.29, 1.82) is 0 Å². The fourth-order valence-corrected chi connectivity index (χ4v) is 3.93. The predicted octanol–water partition coefficient (Wildman–Crippen LogP) is 2.47. The highest BCUT2D eigenvalue weighted by Gasteiger charge is 2.40. The molecule has 2 bridgehead atoms. The van der Waals surface area contributed by atoms with Gasteiger partial charge >= 0.3 is 5.97 Å². The second-order valence-electron chi connectivity index (χ2n) is 5.17. The fourth-order valence-electron chi connectivity index (χ4n) is 3.09. The maximum absolute atomic E-state index is 12.5. The van der Waals surface area contributed by atoms with E-state index in [1.54, 1.807) is 6.07 Å². The third-order valence-corrected chi connectivity index (χ3v) is 4.88. The van der Waals surface area contributed by atoms with Gasteiger partial charge in [-0.1, -0.05) is 0 Å². The summed E-state index contributed by atoms with van der Waals surface area (Å²) in [5, 5.41) is 10.5. The molecule has 19 heavy (non-hydrogen) atoms. The number of fused-ring (bicyclic) bond motifs is 2. The Labute approximate surface area is 115 Å². The van der Waals surface area contributed by atoms with Gasteiger partial charge in [-0.15, -0.1) is 11.3 Å². The minimum absolute atomic E-state index is 0.0623. The van der Waals surface area contributed by atoms with Crippen LogP contribution in [0.15, 0.2) is 17.5 Å². The molecule has 1 saturated heterocycles. The number of hydrogen-bond acceptors (Lipinski definition) is 3. The van der Waals surface area contributed by atoms with E-state index in [4.69, 9.17) is 5.11 Å². The molecular weight excluding hydrogens is 262 g/mol. The molecule has 1 aliphatic heterocycles. The second kappa shape index (κ2) is 4.81. The highest BCUT2D eigenvalue weighted by molar-refractivity contribution is 7.12. The Morgan fingerprint density at radius 3 is 2.89 bits per heavy atom. The molecule has 0 spiro atoms. The first-order chi connectivity index (χ1) is 9.15. The van der Waals surface area contributed by atoms with Gasteiger partial charge in [0.2, 0.25) is 0 Å². The molecule has 0 aromatic carbocycles. The molecule has 1 N–H and O–H groups in total. The highest BCUT2D eigenvalue weighted by atomic mass is 32.1. The van der Waals surface area contributed by atoms with Crippen molar-refractivity contribution in [2.45, 2.75) is 25.3 Å². The van der Waals surface area contributed by atoms with Gasteiger partial charge in [-0.3, -0.25) is 4.79 Å². The van der Waals surface area contributed by atoms with Crippen LogP contribution < -0.4 is 0 Å². The predicted molar refractivity (Wildman–Crippen MR) is 73.2 cm³/mol. The molecule has 1 aromatic rings. The van der Waals surface area contributed by atoms with Gasteiger partial charge in [0.1, 0.15) is 0 Å². The number of hydrogen-bond donors (Lipinski definition) is 1. The minimum Gasteiger partial charge on any atom is -0.478 e. The van der Waals surface area contributed by atoms with Gasteiger partial charge in [0.05, 0.1) is 4.88 Å². The van der Waals surface area contributed by atoms with Crippen molar-refractivity contribution in [3.8, 4) is 0 Å². The molecule has 2 fully saturated rings. The third kappa shape index (κ3) is 2.30. The summed E-state index contributed by atoms with van der Waals surface area (Å²) in [6, 6.07) is 2.20. The molecule has 4 nitrogen and oxygen atoms in total. The van der Waals surface area contributed by atoms with E-state index >= 15 is 0 Å². The highest BCUT2D eigenvalue weighted by Crippen LogP contribution is 2.38. The largest absolute Gasteiger partial charge is 0.478 e. The molecule has 1 aliphatic carbocycles. The zero-order valence-corrected chi connectivity index (χ0v) is 11.2. The summed E-state index contributed by atoms with van der Waals surface area (Å²) in [6.45, 7) is 0.865. The van der Waals surface area contributed by atoms with E-state index in [2.05, 4.69) is 0 Å². The number of piperidine rings is 1. The molecular formula is C14H15NO3S. The van der Waals surface area contributed by atoms with Crippen LogP contribution in [-0.2, 0) is 4.79 Å². The molecule has 5 heteroatoms. The van der Waals surface area contributed by atoms with Crippen molar-refractivity contribution in [2.24, 2.45) is 5.92 Å². The van der Waals surface area contributed by atoms with Crippen LogP contribution in [0.4, 0.5) is 0 Å². The molecule has 1 amide bonds. The molecule has 1 aromatic heterocycles. The molecule has 2 heterocycles. The van der Waals surface area contributed by atoms with E-state index in [1.165, 1.54) is 23.8 Å². The van der Waals surface area contributed by atoms with Crippen molar-refractivity contribution in [3.63, 3.8) is 0 Å². The Morgan fingerprint density at radius 2 is 2.26 bits per heavy atom. The number of nitrogens with zero attached hydrogens (tertiary/aromatic N) is 1. The second-order valence-corrected chi connectivity index (χ2v) is 6.08. The molecule has 2 aliphatic rings. The molecule has 2 unspecified atom stereocenters. The first-order valence-electron chi connectivity index (χ1n) is 6.44. The van der Waals surface area contributed by atoms with E-state index in [0.717, 1.165) is 25.5 Å². The van der Waals surface area contributed by atoms with E-state index in [1.807, 2.05) is 10.3 Å². The number of amides is 1. The first-order valence-corrected chi connectivity index (χ1v) is 7.32. The Kier molecular flexibility index (Phi) is 3.14. The van der Waals surface area contributed by atoms with Gasteiger partial charge in [-0.05, 0) is 48.3 Å². The number of aliphatic carboxylic acids is 1. The van der Waals surface area contributed by atoms with Gasteiger partial charge in [-0.2, -0.15) is 0 Å². The fraction of sp³-hybridized carbons (Fsp3) is 0.429. The molecule has 100 valence electrons. The van der Waals surface area contributed by atoms with Crippen LogP contribution in [-0.4, -0.2) is 34.5 Å². The quantitative estimate of drug-likeness (QED) is 0.863. The molecule has 2 atom stereocenters. The molecule has 3 rings (SSSR count). The van der Waals surface area contributed by atoms with Crippen LogP contribution in [0.25, 0.3) is 6.08 Å². The lowest BCUT2D eigenvalue weighted by Crippen LogP contribution is -2.37. The van der Waals surface area contributed by atoms with E-state index in [-0.39, 0.29) is 5.91 Å². The van der Waals surface area contributed by atoms with Crippen molar-refractivity contribution in [2.75, 3.05) is 6.54 Å². The Balaban J connectivity index is 1.81. The lowest BCUT2D eigenvalue weighted by molar-refractivity contribution is -0.131. The van der Waals surface area contributed by atoms with Crippen molar-refractivity contribution in [3.05, 3.63) is 28.0 Å². The number of carboxylic acids is 1. The average Bonchev–Trinajstić information content (AvgIpc) is 3.10. The first kappa shape index (κ1) is 12.4. The Morgan fingerprint density at radius 1 is 1.42 bits per heavy atom. The van der Waals surface area contributed by atoms with Crippen LogP contribution in [0.1, 0.15) is 34.5 Å². The van der Waals surface area contributed by atoms with Crippen LogP contribution in [0, 0.1) is 5.92 Å². The SMILES string of the molecule is O=C(O)C=Cc1ccsc1C(=O)N1CC2CCC1C2. The number of carbonyl (C=O) groups is 2. The third-order valence-electron chi connectivity index (χ3n) is 3.97. The van der Waals surface area contributed by atoms with Gasteiger partial charge in [0.25, 0.3) is 5.91 Å². The van der Waals surface area contributed by atoms with Crippen molar-refractivity contribution in [1.82, 2.24) is 4.90 Å². The van der Waals surface area contributed by atoms with Gasteiger partial charge in [-0.25, -0.2) is 4.79 Å². The number of likely N-dealkylation sites (tertiary alicyclic amines) is 1. The summed E-state index contributed by atoms with van der Waals surface area (Å²) >= 11 is 1.39.